The molecule has 0 atom stereocenters. The lowest BCUT2D eigenvalue weighted by Crippen LogP contribution is -2.00. The van der Waals surface area contributed by atoms with Crippen molar-refractivity contribution < 1.29 is 9.21 Å². The van der Waals surface area contributed by atoms with Crippen LogP contribution in [0.1, 0.15) is 45.7 Å². The van der Waals surface area contributed by atoms with Crippen LogP contribution in [0.2, 0.25) is 5.02 Å². The van der Waals surface area contributed by atoms with Gasteiger partial charge in [-0.1, -0.05) is 23.7 Å². The van der Waals surface area contributed by atoms with Crippen LogP contribution in [-0.2, 0) is 6.42 Å². The molecule has 0 amide bonds. The number of halogens is 1. The highest BCUT2D eigenvalue weighted by Crippen LogP contribution is 2.25. The highest BCUT2D eigenvalue weighted by molar-refractivity contribution is 6.31. The second-order valence-electron chi connectivity index (χ2n) is 7.18. The highest BCUT2D eigenvalue weighted by atomic mass is 35.5. The topological polar surface area (TPSA) is 97.6 Å². The van der Waals surface area contributed by atoms with E-state index < -0.39 is 0 Å². The fourth-order valence-corrected chi connectivity index (χ4v) is 3.58. The zero-order chi connectivity index (χ0) is 22.1. The Kier molecular flexibility index (Phi) is 5.40. The van der Waals surface area contributed by atoms with Crippen molar-refractivity contribution in [2.45, 2.75) is 27.2 Å². The van der Waals surface area contributed by atoms with Gasteiger partial charge in [-0.2, -0.15) is 10.4 Å². The van der Waals surface area contributed by atoms with Gasteiger partial charge in [0.05, 0.1) is 22.0 Å². The van der Waals surface area contributed by atoms with Crippen LogP contribution in [0.25, 0.3) is 17.1 Å². The molecule has 7 nitrogen and oxygen atoms in total. The van der Waals surface area contributed by atoms with Gasteiger partial charge in [-0.25, -0.2) is 4.68 Å². The lowest BCUT2D eigenvalue weighted by Gasteiger charge is -2.07. The fraction of sp³-hybridized carbons (Fsp3) is 0.174. The molecule has 0 spiro atoms. The number of nitriles is 1. The molecule has 0 aliphatic rings. The van der Waals surface area contributed by atoms with E-state index in [1.165, 1.54) is 6.92 Å². The summed E-state index contributed by atoms with van der Waals surface area (Å²) in [4.78, 5) is 11.3. The Morgan fingerprint density at radius 1 is 1.16 bits per heavy atom. The first-order chi connectivity index (χ1) is 14.9. The van der Waals surface area contributed by atoms with Crippen molar-refractivity contribution in [1.29, 1.82) is 5.26 Å². The second kappa shape index (κ2) is 8.17. The van der Waals surface area contributed by atoms with Crippen LogP contribution in [0.4, 0.5) is 0 Å². The van der Waals surface area contributed by atoms with Crippen molar-refractivity contribution in [3.05, 3.63) is 81.5 Å². The number of Topliss-reactive ketones (excluding diaryl/α,β-unsaturated/α-hetero) is 1. The standard InChI is InChI=1S/C23H18ClN5O2/c1-13-20(14(2)29(28-13)19-9-8-18(12-25)21(24)11-19)10-16-4-6-17(7-5-16)23-27-26-22(31-23)15(3)30/h4-9,11H,10H2,1-3H3. The molecule has 0 aliphatic heterocycles. The Morgan fingerprint density at radius 2 is 1.90 bits per heavy atom. The fourth-order valence-electron chi connectivity index (χ4n) is 3.36. The Morgan fingerprint density at radius 3 is 2.52 bits per heavy atom. The number of hydrogen-bond acceptors (Lipinski definition) is 6. The molecule has 0 saturated heterocycles. The lowest BCUT2D eigenvalue weighted by atomic mass is 10.0. The van der Waals surface area contributed by atoms with Crippen molar-refractivity contribution in [3.63, 3.8) is 0 Å². The molecular weight excluding hydrogens is 414 g/mol. The van der Waals surface area contributed by atoms with E-state index in [4.69, 9.17) is 21.3 Å². The molecule has 8 heteroatoms. The van der Waals surface area contributed by atoms with Gasteiger partial charge in [0, 0.05) is 30.2 Å². The second-order valence-corrected chi connectivity index (χ2v) is 7.59. The maximum atomic E-state index is 11.3. The molecule has 0 aliphatic carbocycles. The van der Waals surface area contributed by atoms with Gasteiger partial charge in [0.2, 0.25) is 11.7 Å². The molecule has 154 valence electrons. The van der Waals surface area contributed by atoms with Gasteiger partial charge in [0.15, 0.2) is 0 Å². The molecule has 4 rings (SSSR count). The van der Waals surface area contributed by atoms with E-state index in [-0.39, 0.29) is 11.7 Å². The number of nitrogens with zero attached hydrogens (tertiary/aromatic N) is 5. The molecule has 2 aromatic heterocycles. The first kappa shape index (κ1) is 20.5. The summed E-state index contributed by atoms with van der Waals surface area (Å²) < 4.78 is 7.23. The number of hydrogen-bond donors (Lipinski definition) is 0. The number of rotatable bonds is 5. The monoisotopic (exact) mass is 431 g/mol. The van der Waals surface area contributed by atoms with Gasteiger partial charge in [0.1, 0.15) is 6.07 Å². The average Bonchev–Trinajstić information content (AvgIpc) is 3.35. The van der Waals surface area contributed by atoms with E-state index in [9.17, 15) is 4.79 Å². The van der Waals surface area contributed by atoms with Gasteiger partial charge in [-0.3, -0.25) is 4.79 Å². The molecule has 2 heterocycles. The number of ketones is 1. The lowest BCUT2D eigenvalue weighted by molar-refractivity contribution is 0.0981. The van der Waals surface area contributed by atoms with Crippen molar-refractivity contribution in [2.24, 2.45) is 0 Å². The zero-order valence-electron chi connectivity index (χ0n) is 17.2. The van der Waals surface area contributed by atoms with Crippen LogP contribution in [0, 0.1) is 25.2 Å². The van der Waals surface area contributed by atoms with Crippen LogP contribution in [0.5, 0.6) is 0 Å². The molecule has 0 bridgehead atoms. The summed E-state index contributed by atoms with van der Waals surface area (Å²) in [6.07, 6.45) is 0.699. The summed E-state index contributed by atoms with van der Waals surface area (Å²) in [6.45, 7) is 5.37. The van der Waals surface area contributed by atoms with Crippen molar-refractivity contribution in [3.8, 4) is 23.2 Å². The maximum Gasteiger partial charge on any atom is 0.283 e. The van der Waals surface area contributed by atoms with Gasteiger partial charge in [-0.05, 0) is 49.7 Å². The van der Waals surface area contributed by atoms with Crippen molar-refractivity contribution in [1.82, 2.24) is 20.0 Å². The minimum atomic E-state index is -0.262. The van der Waals surface area contributed by atoms with Gasteiger partial charge in [-0.15, -0.1) is 10.2 Å². The minimum absolute atomic E-state index is 0.000598. The van der Waals surface area contributed by atoms with Gasteiger partial charge < -0.3 is 4.42 Å². The molecule has 0 radical (unpaired) electrons. The largest absolute Gasteiger partial charge is 0.414 e. The quantitative estimate of drug-likeness (QED) is 0.418. The first-order valence-corrected chi connectivity index (χ1v) is 9.94. The Balaban J connectivity index is 1.59. The van der Waals surface area contributed by atoms with E-state index >= 15 is 0 Å². The average molecular weight is 432 g/mol. The summed E-state index contributed by atoms with van der Waals surface area (Å²) >= 11 is 6.19. The highest BCUT2D eigenvalue weighted by Gasteiger charge is 2.15. The number of carbonyl (C=O) groups is 1. The summed E-state index contributed by atoms with van der Waals surface area (Å²) in [7, 11) is 0. The van der Waals surface area contributed by atoms with Crippen LogP contribution in [-0.4, -0.2) is 25.8 Å². The smallest absolute Gasteiger partial charge is 0.283 e. The van der Waals surface area contributed by atoms with Crippen LogP contribution in [0.15, 0.2) is 46.9 Å². The molecule has 2 aromatic carbocycles. The predicted molar refractivity (Wildman–Crippen MR) is 115 cm³/mol. The zero-order valence-corrected chi connectivity index (χ0v) is 17.9. The summed E-state index contributed by atoms with van der Waals surface area (Å²) in [6, 6.07) is 15.1. The molecule has 4 aromatic rings. The molecule has 0 saturated carbocycles. The summed E-state index contributed by atoms with van der Waals surface area (Å²) in [5, 5.41) is 21.8. The first-order valence-electron chi connectivity index (χ1n) is 9.56. The van der Waals surface area contributed by atoms with Crippen LogP contribution in [0.3, 0.4) is 0 Å². The minimum Gasteiger partial charge on any atom is -0.414 e. The van der Waals surface area contributed by atoms with E-state index in [0.29, 0.717) is 22.9 Å². The van der Waals surface area contributed by atoms with Gasteiger partial charge >= 0.3 is 0 Å². The third-order valence-corrected chi connectivity index (χ3v) is 5.38. The molecule has 31 heavy (non-hydrogen) atoms. The number of aryl methyl sites for hydroxylation is 1. The summed E-state index contributed by atoms with van der Waals surface area (Å²) in [5.74, 6) is 0.0529. The normalized spacial score (nSPS) is 10.8. The Hall–Kier alpha value is -3.76. The van der Waals surface area contributed by atoms with Crippen molar-refractivity contribution >= 4 is 17.4 Å². The number of benzene rings is 2. The molecule has 0 N–H and O–H groups in total. The van der Waals surface area contributed by atoms with Gasteiger partial charge in [0.25, 0.3) is 5.89 Å². The predicted octanol–water partition coefficient (Wildman–Crippen LogP) is 4.86. The van der Waals surface area contributed by atoms with Crippen LogP contribution < -0.4 is 0 Å². The maximum absolute atomic E-state index is 11.3. The number of carbonyl (C=O) groups excluding carboxylic acids is 1. The Labute approximate surface area is 183 Å². The van der Waals surface area contributed by atoms with E-state index in [1.54, 1.807) is 12.1 Å². The third-order valence-electron chi connectivity index (χ3n) is 5.07. The van der Waals surface area contributed by atoms with Crippen LogP contribution >= 0.6 is 11.6 Å². The van der Waals surface area contributed by atoms with E-state index in [0.717, 1.165) is 33.8 Å². The van der Waals surface area contributed by atoms with E-state index in [1.807, 2.05) is 48.9 Å². The third kappa shape index (κ3) is 3.98. The summed E-state index contributed by atoms with van der Waals surface area (Å²) in [5.41, 5.74) is 6.13. The van der Waals surface area contributed by atoms with Crippen molar-refractivity contribution in [2.75, 3.05) is 0 Å². The molecule has 0 fully saturated rings. The molecular formula is C23H18ClN5O2. The molecule has 0 unspecified atom stereocenters. The SMILES string of the molecule is CC(=O)c1nnc(-c2ccc(Cc3c(C)nn(-c4ccc(C#N)c(Cl)c4)c3C)cc2)o1. The Bertz CT molecular complexity index is 1330. The number of aromatic nitrogens is 4. The van der Waals surface area contributed by atoms with E-state index in [2.05, 4.69) is 21.4 Å².